The van der Waals surface area contributed by atoms with Crippen LogP contribution in [-0.2, 0) is 17.3 Å². The fourth-order valence-electron chi connectivity index (χ4n) is 3.68. The number of nitrogens with zero attached hydrogens (tertiary/aromatic N) is 1. The molecule has 3 heterocycles. The molecule has 1 aromatic carbocycles. The van der Waals surface area contributed by atoms with Gasteiger partial charge in [0.15, 0.2) is 0 Å². The lowest BCUT2D eigenvalue weighted by Crippen LogP contribution is -2.37. The zero-order valence-electron chi connectivity index (χ0n) is 15.4. The number of halogens is 1. The van der Waals surface area contributed by atoms with Crippen molar-refractivity contribution in [3.63, 3.8) is 0 Å². The lowest BCUT2D eigenvalue weighted by molar-refractivity contribution is 0.628. The van der Waals surface area contributed by atoms with Crippen LogP contribution in [0, 0.1) is 5.82 Å². The minimum absolute atomic E-state index is 0.209. The molecule has 0 saturated carbocycles. The van der Waals surface area contributed by atoms with E-state index in [1.807, 2.05) is 36.7 Å². The van der Waals surface area contributed by atoms with E-state index < -0.39 is 0 Å². The van der Waals surface area contributed by atoms with Crippen molar-refractivity contribution in [1.82, 2.24) is 15.3 Å². The highest BCUT2D eigenvalue weighted by Crippen LogP contribution is 2.35. The maximum Gasteiger partial charge on any atom is 0.123 e. The third kappa shape index (κ3) is 4.42. The van der Waals surface area contributed by atoms with Crippen LogP contribution in [0.15, 0.2) is 55.0 Å². The summed E-state index contributed by atoms with van der Waals surface area (Å²) >= 11 is 0. The number of aryl methyl sites for hydroxylation is 1. The molecular formula is C22H25FN3S+. The van der Waals surface area contributed by atoms with E-state index in [-0.39, 0.29) is 5.82 Å². The van der Waals surface area contributed by atoms with Gasteiger partial charge in [-0.05, 0) is 76.8 Å². The van der Waals surface area contributed by atoms with Crippen LogP contribution in [-0.4, -0.2) is 40.3 Å². The maximum atomic E-state index is 13.4. The Labute approximate surface area is 162 Å². The third-order valence-electron chi connectivity index (χ3n) is 5.08. The van der Waals surface area contributed by atoms with E-state index in [1.54, 1.807) is 0 Å². The van der Waals surface area contributed by atoms with E-state index >= 15 is 0 Å². The summed E-state index contributed by atoms with van der Waals surface area (Å²) in [5.41, 5.74) is 5.78. The molecular weight excluding hydrogens is 357 g/mol. The minimum Gasteiger partial charge on any atom is -0.360 e. The molecule has 3 nitrogen and oxygen atoms in total. The molecule has 5 heteroatoms. The van der Waals surface area contributed by atoms with Gasteiger partial charge in [0.2, 0.25) is 0 Å². The van der Waals surface area contributed by atoms with Crippen LogP contribution in [0.25, 0.3) is 22.4 Å². The van der Waals surface area contributed by atoms with Gasteiger partial charge in [-0.15, -0.1) is 0 Å². The Kier molecular flexibility index (Phi) is 5.90. The summed E-state index contributed by atoms with van der Waals surface area (Å²) in [6, 6.07) is 10.8. The van der Waals surface area contributed by atoms with Crippen LogP contribution >= 0.6 is 0 Å². The summed E-state index contributed by atoms with van der Waals surface area (Å²) in [5.74, 6) is 3.75. The average molecular weight is 383 g/mol. The Morgan fingerprint density at radius 3 is 2.44 bits per heavy atom. The molecule has 0 unspecified atom stereocenters. The monoisotopic (exact) mass is 382 g/mol. The van der Waals surface area contributed by atoms with Crippen molar-refractivity contribution in [1.29, 1.82) is 0 Å². The Balaban J connectivity index is 1.58. The first-order valence-corrected chi connectivity index (χ1v) is 11.3. The van der Waals surface area contributed by atoms with Gasteiger partial charge in [-0.2, -0.15) is 0 Å². The van der Waals surface area contributed by atoms with Crippen molar-refractivity contribution in [3.05, 3.63) is 66.4 Å². The van der Waals surface area contributed by atoms with Crippen molar-refractivity contribution in [3.8, 4) is 22.4 Å². The molecule has 27 heavy (non-hydrogen) atoms. The number of nitrogens with one attached hydrogen (secondary N) is 2. The average Bonchev–Trinajstić information content (AvgIpc) is 3.14. The Morgan fingerprint density at radius 1 is 0.963 bits per heavy atom. The van der Waals surface area contributed by atoms with Crippen LogP contribution in [0.5, 0.6) is 0 Å². The van der Waals surface area contributed by atoms with E-state index in [1.165, 1.54) is 60.0 Å². The molecule has 3 aromatic rings. The first-order valence-electron chi connectivity index (χ1n) is 9.52. The lowest BCUT2D eigenvalue weighted by Gasteiger charge is -2.15. The van der Waals surface area contributed by atoms with Crippen LogP contribution in [0.3, 0.4) is 0 Å². The standard InChI is InChI=1S/C22H25FN3S/c23-20-5-3-18(4-6-20)22-21(17-7-9-24-10-8-17)19(16-26-22)2-1-13-27-14-11-25-12-15-27/h3-10,16,25-26H,1-2,11-15H2/q+1. The molecule has 0 bridgehead atoms. The quantitative estimate of drug-likeness (QED) is 0.632. The van der Waals surface area contributed by atoms with Gasteiger partial charge in [-0.25, -0.2) is 4.39 Å². The second-order valence-electron chi connectivity index (χ2n) is 6.88. The highest BCUT2D eigenvalue weighted by molar-refractivity contribution is 7.96. The molecule has 4 rings (SSSR count). The molecule has 1 fully saturated rings. The number of H-pyrrole nitrogens is 1. The summed E-state index contributed by atoms with van der Waals surface area (Å²) < 4.78 is 13.4. The van der Waals surface area contributed by atoms with E-state index in [2.05, 4.69) is 21.5 Å². The van der Waals surface area contributed by atoms with Gasteiger partial charge in [0.25, 0.3) is 0 Å². The minimum atomic E-state index is -0.209. The van der Waals surface area contributed by atoms with Gasteiger partial charge < -0.3 is 10.3 Å². The number of hydrogen-bond acceptors (Lipinski definition) is 2. The summed E-state index contributed by atoms with van der Waals surface area (Å²) in [6.45, 7) is 2.34. The van der Waals surface area contributed by atoms with Crippen molar-refractivity contribution in [2.75, 3.05) is 30.3 Å². The summed E-state index contributed by atoms with van der Waals surface area (Å²) in [4.78, 5) is 7.60. The SMILES string of the molecule is Fc1ccc(-c2[nH]cc(CCC[S+]3CCNCC3)c2-c2ccncc2)cc1. The molecule has 1 aliphatic heterocycles. The largest absolute Gasteiger partial charge is 0.360 e. The number of rotatable bonds is 6. The predicted octanol–water partition coefficient (Wildman–Crippen LogP) is 4.04. The normalized spacial score (nSPS) is 15.1. The van der Waals surface area contributed by atoms with E-state index in [0.717, 1.165) is 23.2 Å². The molecule has 140 valence electrons. The number of benzene rings is 1. The van der Waals surface area contributed by atoms with Crippen LogP contribution < -0.4 is 5.32 Å². The number of aromatic amines is 1. The van der Waals surface area contributed by atoms with Gasteiger partial charge in [0.1, 0.15) is 23.1 Å². The highest BCUT2D eigenvalue weighted by atomic mass is 32.2. The second-order valence-corrected chi connectivity index (χ2v) is 9.33. The maximum absolute atomic E-state index is 13.4. The van der Waals surface area contributed by atoms with Crippen molar-refractivity contribution < 1.29 is 4.39 Å². The van der Waals surface area contributed by atoms with Gasteiger partial charge >= 0.3 is 0 Å². The van der Waals surface area contributed by atoms with Gasteiger partial charge in [0, 0.05) is 37.2 Å². The zero-order chi connectivity index (χ0) is 18.5. The smallest absolute Gasteiger partial charge is 0.123 e. The molecule has 0 atom stereocenters. The second kappa shape index (κ2) is 8.72. The van der Waals surface area contributed by atoms with Crippen molar-refractivity contribution in [2.45, 2.75) is 12.8 Å². The zero-order valence-corrected chi connectivity index (χ0v) is 16.2. The van der Waals surface area contributed by atoms with Gasteiger partial charge in [-0.1, -0.05) is 0 Å². The molecule has 2 aromatic heterocycles. The number of hydrogen-bond donors (Lipinski definition) is 2. The molecule has 2 N–H and O–H groups in total. The van der Waals surface area contributed by atoms with E-state index in [4.69, 9.17) is 0 Å². The lowest BCUT2D eigenvalue weighted by atomic mass is 9.97. The summed E-state index contributed by atoms with van der Waals surface area (Å²) in [7, 11) is 0.574. The van der Waals surface area contributed by atoms with E-state index in [0.29, 0.717) is 10.9 Å². The summed E-state index contributed by atoms with van der Waals surface area (Å²) in [5, 5.41) is 3.45. The third-order valence-corrected chi connectivity index (χ3v) is 7.51. The highest BCUT2D eigenvalue weighted by Gasteiger charge is 2.21. The van der Waals surface area contributed by atoms with Crippen molar-refractivity contribution in [2.24, 2.45) is 0 Å². The van der Waals surface area contributed by atoms with Crippen LogP contribution in [0.4, 0.5) is 4.39 Å². The first kappa shape index (κ1) is 18.3. The molecule has 1 saturated heterocycles. The molecule has 0 spiro atoms. The Bertz CT molecular complexity index is 855. The van der Waals surface area contributed by atoms with Crippen molar-refractivity contribution >= 4 is 10.9 Å². The van der Waals surface area contributed by atoms with Crippen LogP contribution in [0.1, 0.15) is 12.0 Å². The van der Waals surface area contributed by atoms with Gasteiger partial charge in [-0.3, -0.25) is 4.98 Å². The molecule has 0 radical (unpaired) electrons. The Morgan fingerprint density at radius 2 is 1.70 bits per heavy atom. The predicted molar refractivity (Wildman–Crippen MR) is 113 cm³/mol. The number of pyridine rings is 1. The molecule has 0 amide bonds. The van der Waals surface area contributed by atoms with E-state index in [9.17, 15) is 4.39 Å². The first-order chi connectivity index (χ1) is 13.3. The molecule has 1 aliphatic rings. The van der Waals surface area contributed by atoms with Gasteiger partial charge in [0.05, 0.1) is 5.69 Å². The van der Waals surface area contributed by atoms with Crippen LogP contribution in [0.2, 0.25) is 0 Å². The topological polar surface area (TPSA) is 40.7 Å². The fourth-order valence-corrected chi connectivity index (χ4v) is 5.72. The Hall–Kier alpha value is -2.11. The fraction of sp³-hybridized carbons (Fsp3) is 0.318. The summed E-state index contributed by atoms with van der Waals surface area (Å²) in [6.07, 6.45) is 8.06. The molecule has 0 aliphatic carbocycles. The number of aromatic nitrogens is 2.